The van der Waals surface area contributed by atoms with Gasteiger partial charge in [0, 0.05) is 12.1 Å². The fourth-order valence-corrected chi connectivity index (χ4v) is 4.00. The number of carbonyl (C=O) groups excluding carboxylic acids is 1. The number of aromatic nitrogens is 2. The molecule has 1 amide bonds. The Balaban J connectivity index is 1.37. The van der Waals surface area contributed by atoms with Crippen LogP contribution in [0.4, 0.5) is 0 Å². The maximum atomic E-state index is 13.6. The highest BCUT2D eigenvalue weighted by Crippen LogP contribution is 2.16. The van der Waals surface area contributed by atoms with Crippen LogP contribution in [-0.2, 0) is 19.7 Å². The Kier molecular flexibility index (Phi) is 6.85. The molecule has 0 aliphatic carbocycles. The van der Waals surface area contributed by atoms with E-state index in [2.05, 4.69) is 9.97 Å². The molecule has 0 atom stereocenters. The van der Waals surface area contributed by atoms with Gasteiger partial charge in [0.05, 0.1) is 17.4 Å². The lowest BCUT2D eigenvalue weighted by Gasteiger charge is -2.23. The number of ether oxygens (including phenoxy) is 1. The number of aromatic amines is 1. The predicted octanol–water partition coefficient (Wildman–Crippen LogP) is 5.34. The molecule has 36 heavy (non-hydrogen) atoms. The summed E-state index contributed by atoms with van der Waals surface area (Å²) < 4.78 is 5.81. The Morgan fingerprint density at radius 1 is 0.750 bits per heavy atom. The minimum Gasteiger partial charge on any atom is -0.489 e. The van der Waals surface area contributed by atoms with Crippen molar-refractivity contribution < 1.29 is 9.53 Å². The van der Waals surface area contributed by atoms with E-state index in [1.165, 1.54) is 0 Å². The third-order valence-corrected chi connectivity index (χ3v) is 5.86. The molecule has 5 aromatic rings. The van der Waals surface area contributed by atoms with Gasteiger partial charge in [0.15, 0.2) is 0 Å². The third kappa shape index (κ3) is 5.50. The average molecular weight is 476 g/mol. The molecule has 6 nitrogen and oxygen atoms in total. The van der Waals surface area contributed by atoms with Gasteiger partial charge in [-0.25, -0.2) is 4.98 Å². The molecule has 1 aromatic heterocycles. The normalized spacial score (nSPS) is 10.8. The van der Waals surface area contributed by atoms with E-state index in [9.17, 15) is 9.59 Å². The smallest absolute Gasteiger partial charge is 0.258 e. The van der Waals surface area contributed by atoms with E-state index in [1.807, 2.05) is 78.9 Å². The van der Waals surface area contributed by atoms with Crippen molar-refractivity contribution in [2.45, 2.75) is 19.7 Å². The molecule has 4 aromatic carbocycles. The molecular formula is C30H25N3O3. The topological polar surface area (TPSA) is 75.3 Å². The van der Waals surface area contributed by atoms with Crippen molar-refractivity contribution in [2.75, 3.05) is 0 Å². The van der Waals surface area contributed by atoms with Crippen molar-refractivity contribution >= 4 is 16.8 Å². The van der Waals surface area contributed by atoms with Crippen LogP contribution in [0.25, 0.3) is 10.9 Å². The summed E-state index contributed by atoms with van der Waals surface area (Å²) >= 11 is 0. The molecule has 0 bridgehead atoms. The van der Waals surface area contributed by atoms with E-state index in [1.54, 1.807) is 35.2 Å². The van der Waals surface area contributed by atoms with Crippen LogP contribution in [0.3, 0.4) is 0 Å². The van der Waals surface area contributed by atoms with E-state index in [0.29, 0.717) is 35.4 Å². The van der Waals surface area contributed by atoms with E-state index in [0.717, 1.165) is 16.9 Å². The summed E-state index contributed by atoms with van der Waals surface area (Å²) in [5.74, 6) is 1.09. The van der Waals surface area contributed by atoms with Crippen molar-refractivity contribution in [2.24, 2.45) is 0 Å². The fraction of sp³-hybridized carbons (Fsp3) is 0.100. The zero-order chi connectivity index (χ0) is 24.7. The molecule has 0 spiro atoms. The highest BCUT2D eigenvalue weighted by atomic mass is 16.5. The van der Waals surface area contributed by atoms with Gasteiger partial charge in [0.2, 0.25) is 0 Å². The molecule has 0 aliphatic heterocycles. The fourth-order valence-electron chi connectivity index (χ4n) is 4.00. The Morgan fingerprint density at radius 3 is 2.17 bits per heavy atom. The third-order valence-electron chi connectivity index (χ3n) is 5.86. The van der Waals surface area contributed by atoms with Gasteiger partial charge in [-0.15, -0.1) is 0 Å². The highest BCUT2D eigenvalue weighted by Gasteiger charge is 2.18. The molecule has 0 saturated carbocycles. The number of nitrogens with zero attached hydrogens (tertiary/aromatic N) is 2. The van der Waals surface area contributed by atoms with Gasteiger partial charge in [0.25, 0.3) is 11.5 Å². The molecule has 6 heteroatoms. The van der Waals surface area contributed by atoms with Crippen LogP contribution in [0.15, 0.2) is 114 Å². The van der Waals surface area contributed by atoms with Crippen molar-refractivity contribution in [3.8, 4) is 5.75 Å². The number of hydrogen-bond acceptors (Lipinski definition) is 4. The van der Waals surface area contributed by atoms with Crippen molar-refractivity contribution in [1.29, 1.82) is 0 Å². The second-order valence-corrected chi connectivity index (χ2v) is 8.48. The molecule has 1 heterocycles. The summed E-state index contributed by atoms with van der Waals surface area (Å²) in [5, 5.41) is 0.524. The molecule has 0 unspecified atom stereocenters. The molecule has 0 radical (unpaired) electrons. The first-order valence-corrected chi connectivity index (χ1v) is 11.7. The number of fused-ring (bicyclic) bond motifs is 1. The molecular weight excluding hydrogens is 450 g/mol. The zero-order valence-corrected chi connectivity index (χ0v) is 19.6. The lowest BCUT2D eigenvalue weighted by molar-refractivity contribution is 0.0725. The molecule has 5 rings (SSSR count). The summed E-state index contributed by atoms with van der Waals surface area (Å²) in [5.41, 5.74) is 2.89. The number of H-pyrrole nitrogens is 1. The standard InChI is InChI=1S/C30H25N3O3/c34-29-26-13-7-8-14-27(26)31-28(32-29)20-33(19-22-9-3-1-4-10-22)30(35)24-17-15-23(16-18-24)21-36-25-11-5-2-6-12-25/h1-18H,19-21H2,(H,31,32,34). The number of amides is 1. The van der Waals surface area contributed by atoms with Crippen LogP contribution in [0.5, 0.6) is 5.75 Å². The number of benzene rings is 4. The van der Waals surface area contributed by atoms with Crippen LogP contribution in [0.2, 0.25) is 0 Å². The number of carbonyl (C=O) groups is 1. The van der Waals surface area contributed by atoms with Crippen molar-refractivity contribution in [3.63, 3.8) is 0 Å². The maximum Gasteiger partial charge on any atom is 0.258 e. The molecule has 0 fully saturated rings. The molecule has 178 valence electrons. The van der Waals surface area contributed by atoms with E-state index in [4.69, 9.17) is 4.74 Å². The molecule has 1 N–H and O–H groups in total. The Labute approximate surface area is 208 Å². The minimum absolute atomic E-state index is 0.148. The SMILES string of the molecule is O=C(c1ccc(COc2ccccc2)cc1)N(Cc1ccccc1)Cc1nc2ccccc2c(=O)[nH]1. The average Bonchev–Trinajstić information content (AvgIpc) is 2.93. The van der Waals surface area contributed by atoms with Gasteiger partial charge in [-0.3, -0.25) is 9.59 Å². The molecule has 0 aliphatic rings. The van der Waals surface area contributed by atoms with Gasteiger partial charge in [0.1, 0.15) is 18.2 Å². The number of rotatable bonds is 8. The Bertz CT molecular complexity index is 1510. The van der Waals surface area contributed by atoms with Gasteiger partial charge in [-0.2, -0.15) is 0 Å². The van der Waals surface area contributed by atoms with Crippen molar-refractivity contribution in [1.82, 2.24) is 14.9 Å². The first-order chi connectivity index (χ1) is 17.7. The summed E-state index contributed by atoms with van der Waals surface area (Å²) in [6.45, 7) is 0.968. The van der Waals surface area contributed by atoms with Crippen LogP contribution in [-0.4, -0.2) is 20.8 Å². The number of hydrogen-bond donors (Lipinski definition) is 1. The van der Waals surface area contributed by atoms with Crippen LogP contribution < -0.4 is 10.3 Å². The Morgan fingerprint density at radius 2 is 1.42 bits per heavy atom. The molecule has 0 saturated heterocycles. The zero-order valence-electron chi connectivity index (χ0n) is 19.6. The lowest BCUT2D eigenvalue weighted by atomic mass is 10.1. The quantitative estimate of drug-likeness (QED) is 0.329. The lowest BCUT2D eigenvalue weighted by Crippen LogP contribution is -2.31. The largest absolute Gasteiger partial charge is 0.489 e. The first kappa shape index (κ1) is 23.1. The highest BCUT2D eigenvalue weighted by molar-refractivity contribution is 5.94. The van der Waals surface area contributed by atoms with Gasteiger partial charge in [-0.1, -0.05) is 72.8 Å². The second-order valence-electron chi connectivity index (χ2n) is 8.48. The van der Waals surface area contributed by atoms with Gasteiger partial charge in [-0.05, 0) is 47.5 Å². The maximum absolute atomic E-state index is 13.6. The van der Waals surface area contributed by atoms with Crippen LogP contribution in [0, 0.1) is 0 Å². The summed E-state index contributed by atoms with van der Waals surface area (Å²) in [7, 11) is 0. The summed E-state index contributed by atoms with van der Waals surface area (Å²) in [6, 6.07) is 34.0. The summed E-state index contributed by atoms with van der Waals surface area (Å²) in [6.07, 6.45) is 0. The minimum atomic E-state index is -0.217. The number of nitrogens with one attached hydrogen (secondary N) is 1. The van der Waals surface area contributed by atoms with E-state index >= 15 is 0 Å². The van der Waals surface area contributed by atoms with Crippen LogP contribution in [0.1, 0.15) is 27.3 Å². The van der Waals surface area contributed by atoms with Crippen LogP contribution >= 0.6 is 0 Å². The Hall–Kier alpha value is -4.71. The first-order valence-electron chi connectivity index (χ1n) is 11.7. The predicted molar refractivity (Wildman–Crippen MR) is 140 cm³/mol. The number of para-hydroxylation sites is 2. The summed E-state index contributed by atoms with van der Waals surface area (Å²) in [4.78, 5) is 35.3. The van der Waals surface area contributed by atoms with E-state index < -0.39 is 0 Å². The second kappa shape index (κ2) is 10.7. The van der Waals surface area contributed by atoms with Crippen molar-refractivity contribution in [3.05, 3.63) is 142 Å². The monoisotopic (exact) mass is 475 g/mol. The van der Waals surface area contributed by atoms with Gasteiger partial charge >= 0.3 is 0 Å². The van der Waals surface area contributed by atoms with E-state index in [-0.39, 0.29) is 18.0 Å². The van der Waals surface area contributed by atoms with Gasteiger partial charge < -0.3 is 14.6 Å².